The minimum absolute atomic E-state index is 0.0585. The van der Waals surface area contributed by atoms with Crippen LogP contribution in [-0.4, -0.2) is 50.3 Å². The van der Waals surface area contributed by atoms with E-state index in [2.05, 4.69) is 0 Å². The summed E-state index contributed by atoms with van der Waals surface area (Å²) in [5, 5.41) is 0. The fourth-order valence-corrected chi connectivity index (χ4v) is 4.32. The Morgan fingerprint density at radius 3 is 1.95 bits per heavy atom. The second-order valence-electron chi connectivity index (χ2n) is 9.37. The summed E-state index contributed by atoms with van der Waals surface area (Å²) in [6, 6.07) is 27.5. The first-order valence-corrected chi connectivity index (χ1v) is 12.9. The quantitative estimate of drug-likeness (QED) is 0.252. The highest BCUT2D eigenvalue weighted by Gasteiger charge is 2.45. The summed E-state index contributed by atoms with van der Waals surface area (Å²) in [5.74, 6) is -1.05. The molecule has 0 N–H and O–H groups in total. The monoisotopic (exact) mass is 518 g/mol. The molecule has 5 unspecified atom stereocenters. The second kappa shape index (κ2) is 13.9. The lowest BCUT2D eigenvalue weighted by Gasteiger charge is -2.43. The highest BCUT2D eigenvalue weighted by molar-refractivity contribution is 5.89. The Hall–Kier alpha value is -3.52. The van der Waals surface area contributed by atoms with Crippen LogP contribution in [-0.2, 0) is 30.3 Å². The Kier molecular flexibility index (Phi) is 10.0. The average Bonchev–Trinajstić information content (AvgIpc) is 2.97. The number of carbonyl (C=O) groups excluding carboxylic acids is 2. The summed E-state index contributed by atoms with van der Waals surface area (Å²) in [5.41, 5.74) is 2.00. The van der Waals surface area contributed by atoms with Crippen molar-refractivity contribution in [3.05, 3.63) is 108 Å². The Labute approximate surface area is 223 Å². The van der Waals surface area contributed by atoms with Gasteiger partial charge in [0.1, 0.15) is 6.61 Å². The maximum absolute atomic E-state index is 12.9. The number of esters is 2. The van der Waals surface area contributed by atoms with E-state index in [-0.39, 0.29) is 25.0 Å². The fourth-order valence-electron chi connectivity index (χ4n) is 4.32. The maximum Gasteiger partial charge on any atom is 0.338 e. The van der Waals surface area contributed by atoms with Crippen molar-refractivity contribution in [1.29, 1.82) is 0 Å². The minimum Gasteiger partial charge on any atom is -0.459 e. The van der Waals surface area contributed by atoms with Gasteiger partial charge in [-0.25, -0.2) is 9.59 Å². The van der Waals surface area contributed by atoms with Crippen molar-refractivity contribution in [2.45, 2.75) is 39.0 Å². The molecule has 3 aromatic rings. The molecule has 0 bridgehead atoms. The van der Waals surface area contributed by atoms with Crippen LogP contribution < -0.4 is 0 Å². The normalized spacial score (nSPS) is 22.9. The molecule has 1 heterocycles. The molecule has 0 saturated carbocycles. The van der Waals surface area contributed by atoms with Crippen molar-refractivity contribution in [3.63, 3.8) is 0 Å². The van der Waals surface area contributed by atoms with E-state index in [1.54, 1.807) is 48.5 Å². The van der Waals surface area contributed by atoms with Gasteiger partial charge in [0, 0.05) is 5.92 Å². The molecule has 1 aliphatic rings. The van der Waals surface area contributed by atoms with Gasteiger partial charge in [0.15, 0.2) is 12.4 Å². The van der Waals surface area contributed by atoms with Crippen molar-refractivity contribution >= 4 is 11.9 Å². The van der Waals surface area contributed by atoms with Crippen LogP contribution in [0.2, 0.25) is 0 Å². The van der Waals surface area contributed by atoms with E-state index in [4.69, 9.17) is 23.7 Å². The Bertz CT molecular complexity index is 1130. The van der Waals surface area contributed by atoms with Crippen LogP contribution >= 0.6 is 0 Å². The van der Waals surface area contributed by atoms with Gasteiger partial charge in [0.25, 0.3) is 0 Å². The molecule has 1 aliphatic heterocycles. The average molecular weight is 519 g/mol. The predicted octanol–water partition coefficient (Wildman–Crippen LogP) is 5.30. The maximum atomic E-state index is 12.9. The van der Waals surface area contributed by atoms with Gasteiger partial charge in [0.2, 0.25) is 0 Å². The van der Waals surface area contributed by atoms with Gasteiger partial charge in [0.05, 0.1) is 37.1 Å². The van der Waals surface area contributed by atoms with E-state index in [0.717, 1.165) is 5.56 Å². The van der Waals surface area contributed by atoms with Gasteiger partial charge in [-0.2, -0.15) is 0 Å². The first-order chi connectivity index (χ1) is 18.5. The first kappa shape index (κ1) is 27.5. The molecule has 7 heteroatoms. The van der Waals surface area contributed by atoms with Crippen LogP contribution in [0.4, 0.5) is 0 Å². The molecule has 0 spiro atoms. The van der Waals surface area contributed by atoms with E-state index in [1.807, 2.05) is 56.3 Å². The standard InChI is InChI=1S/C31H34O7/c1-22-23(2)28(38-30(33)26-16-10-5-11-17-26)31(35-19-18-34-20-24-12-6-3-7-13-24)37-27(22)21-36-29(32)25-14-8-4-9-15-25/h3-17,22-23,27-28,31H,18-21H2,1-2H3. The third kappa shape index (κ3) is 7.51. The Balaban J connectivity index is 1.38. The summed E-state index contributed by atoms with van der Waals surface area (Å²) < 4.78 is 29.5. The zero-order valence-electron chi connectivity index (χ0n) is 21.7. The molecular formula is C31H34O7. The van der Waals surface area contributed by atoms with Crippen molar-refractivity contribution in [1.82, 2.24) is 0 Å². The molecule has 1 fully saturated rings. The van der Waals surface area contributed by atoms with Gasteiger partial charge < -0.3 is 23.7 Å². The van der Waals surface area contributed by atoms with Crippen molar-refractivity contribution < 1.29 is 33.3 Å². The zero-order valence-corrected chi connectivity index (χ0v) is 21.7. The first-order valence-electron chi connectivity index (χ1n) is 12.9. The van der Waals surface area contributed by atoms with Crippen molar-refractivity contribution in [3.8, 4) is 0 Å². The number of hydrogen-bond acceptors (Lipinski definition) is 7. The predicted molar refractivity (Wildman–Crippen MR) is 141 cm³/mol. The van der Waals surface area contributed by atoms with Gasteiger partial charge in [-0.1, -0.05) is 80.6 Å². The lowest BCUT2D eigenvalue weighted by Crippen LogP contribution is -2.53. The highest BCUT2D eigenvalue weighted by atomic mass is 16.7. The van der Waals surface area contributed by atoms with E-state index in [9.17, 15) is 9.59 Å². The van der Waals surface area contributed by atoms with Crippen LogP contribution in [0.25, 0.3) is 0 Å². The van der Waals surface area contributed by atoms with Crippen LogP contribution in [0.3, 0.4) is 0 Å². The Morgan fingerprint density at radius 1 is 0.737 bits per heavy atom. The van der Waals surface area contributed by atoms with E-state index in [1.165, 1.54) is 0 Å². The molecule has 4 rings (SSSR count). The molecular weight excluding hydrogens is 484 g/mol. The molecule has 0 aromatic heterocycles. The molecule has 38 heavy (non-hydrogen) atoms. The highest BCUT2D eigenvalue weighted by Crippen LogP contribution is 2.34. The summed E-state index contributed by atoms with van der Waals surface area (Å²) in [4.78, 5) is 25.4. The largest absolute Gasteiger partial charge is 0.459 e. The number of rotatable bonds is 11. The molecule has 0 aliphatic carbocycles. The molecule has 200 valence electrons. The van der Waals surface area contributed by atoms with E-state index in [0.29, 0.717) is 24.3 Å². The van der Waals surface area contributed by atoms with Crippen LogP contribution in [0.5, 0.6) is 0 Å². The summed E-state index contributed by atoms with van der Waals surface area (Å²) in [6.45, 7) is 5.09. The third-order valence-electron chi connectivity index (χ3n) is 6.77. The van der Waals surface area contributed by atoms with Crippen LogP contribution in [0, 0.1) is 11.8 Å². The summed E-state index contributed by atoms with van der Waals surface area (Å²) >= 11 is 0. The molecule has 1 saturated heterocycles. The smallest absolute Gasteiger partial charge is 0.338 e. The lowest BCUT2D eigenvalue weighted by atomic mass is 9.83. The number of carbonyl (C=O) groups is 2. The van der Waals surface area contributed by atoms with Crippen LogP contribution in [0.1, 0.15) is 40.1 Å². The number of ether oxygens (including phenoxy) is 5. The topological polar surface area (TPSA) is 80.3 Å². The molecule has 5 atom stereocenters. The lowest BCUT2D eigenvalue weighted by molar-refractivity contribution is -0.276. The van der Waals surface area contributed by atoms with Crippen molar-refractivity contribution in [2.75, 3.05) is 19.8 Å². The van der Waals surface area contributed by atoms with Crippen LogP contribution in [0.15, 0.2) is 91.0 Å². The fraction of sp³-hybridized carbons (Fsp3) is 0.355. The molecule has 0 amide bonds. The van der Waals surface area contributed by atoms with E-state index >= 15 is 0 Å². The van der Waals surface area contributed by atoms with Crippen molar-refractivity contribution in [2.24, 2.45) is 11.8 Å². The van der Waals surface area contributed by atoms with Gasteiger partial charge in [-0.15, -0.1) is 0 Å². The van der Waals surface area contributed by atoms with Gasteiger partial charge in [-0.3, -0.25) is 0 Å². The molecule has 7 nitrogen and oxygen atoms in total. The summed E-state index contributed by atoms with van der Waals surface area (Å²) in [6.07, 6.45) is -1.91. The number of benzene rings is 3. The summed E-state index contributed by atoms with van der Waals surface area (Å²) in [7, 11) is 0. The van der Waals surface area contributed by atoms with Gasteiger partial charge in [-0.05, 0) is 35.7 Å². The third-order valence-corrected chi connectivity index (χ3v) is 6.77. The molecule has 0 radical (unpaired) electrons. The number of hydrogen-bond donors (Lipinski definition) is 0. The van der Waals surface area contributed by atoms with E-state index < -0.39 is 30.4 Å². The van der Waals surface area contributed by atoms with Gasteiger partial charge >= 0.3 is 11.9 Å². The second-order valence-corrected chi connectivity index (χ2v) is 9.37. The Morgan fingerprint density at radius 2 is 1.32 bits per heavy atom. The molecule has 3 aromatic carbocycles. The zero-order chi connectivity index (χ0) is 26.7. The SMILES string of the molecule is CC1C(COC(=O)c2ccccc2)OC(OCCOCc2ccccc2)C(OC(=O)c2ccccc2)C1C. The minimum atomic E-state index is -0.838.